The highest BCUT2D eigenvalue weighted by molar-refractivity contribution is 8.01. The van der Waals surface area contributed by atoms with Gasteiger partial charge in [0.25, 0.3) is 0 Å². The molecular weight excluding hydrogens is 533 g/mol. The van der Waals surface area contributed by atoms with Gasteiger partial charge in [-0.15, -0.1) is 36.2 Å². The number of thioether (sulfide) groups is 1. The third kappa shape index (κ3) is 6.94. The molecule has 2 heterocycles. The first kappa shape index (κ1) is 30.5. The summed E-state index contributed by atoms with van der Waals surface area (Å²) in [7, 11) is 1.50. The van der Waals surface area contributed by atoms with Crippen LogP contribution in [0, 0.1) is 25.6 Å². The lowest BCUT2D eigenvalue weighted by Gasteiger charge is -2.36. The molecule has 8 heteroatoms. The molecule has 5 rings (SSSR count). The third-order valence-electron chi connectivity index (χ3n) is 7.02. The van der Waals surface area contributed by atoms with Gasteiger partial charge in [-0.2, -0.15) is 0 Å². The summed E-state index contributed by atoms with van der Waals surface area (Å²) >= 11 is 8.02. The van der Waals surface area contributed by atoms with Crippen LogP contribution in [-0.4, -0.2) is 39.2 Å². The number of nitrogens with two attached hydrogens (primary N) is 1. The molecule has 206 valence electrons. The van der Waals surface area contributed by atoms with Crippen LogP contribution >= 0.6 is 23.4 Å². The van der Waals surface area contributed by atoms with E-state index in [0.717, 1.165) is 53.8 Å². The number of aromatic nitrogens is 1. The Hall–Kier alpha value is -3.05. The van der Waals surface area contributed by atoms with Gasteiger partial charge in [0.05, 0.1) is 5.38 Å². The second-order valence-corrected chi connectivity index (χ2v) is 11.0. The number of hydrogen-bond donors (Lipinski definition) is 2. The van der Waals surface area contributed by atoms with Crippen molar-refractivity contribution < 1.29 is 14.3 Å². The van der Waals surface area contributed by atoms with Gasteiger partial charge in [0, 0.05) is 46.1 Å². The molecule has 2 aromatic carbocycles. The van der Waals surface area contributed by atoms with Crippen molar-refractivity contribution in [3.05, 3.63) is 77.4 Å². The highest BCUT2D eigenvalue weighted by Gasteiger charge is 2.42. The summed E-state index contributed by atoms with van der Waals surface area (Å²) in [5, 5.41) is 9.39. The average molecular weight is 568 g/mol. The van der Waals surface area contributed by atoms with E-state index in [2.05, 4.69) is 23.6 Å². The van der Waals surface area contributed by atoms with Crippen LogP contribution in [-0.2, 0) is 11.3 Å². The van der Waals surface area contributed by atoms with Gasteiger partial charge >= 0.3 is 0 Å². The van der Waals surface area contributed by atoms with E-state index in [9.17, 15) is 14.3 Å². The lowest BCUT2D eigenvalue weighted by Crippen LogP contribution is -2.45. The summed E-state index contributed by atoms with van der Waals surface area (Å²) < 4.78 is 14.5. The summed E-state index contributed by atoms with van der Waals surface area (Å²) in [4.78, 5) is 20.9. The van der Waals surface area contributed by atoms with E-state index in [0.29, 0.717) is 11.1 Å². The van der Waals surface area contributed by atoms with Gasteiger partial charge in [-0.05, 0) is 62.7 Å². The van der Waals surface area contributed by atoms with Crippen LogP contribution in [0.1, 0.15) is 54.3 Å². The van der Waals surface area contributed by atoms with Crippen molar-refractivity contribution in [2.24, 2.45) is 5.73 Å². The Kier molecular flexibility index (Phi) is 11.2. The van der Waals surface area contributed by atoms with E-state index in [1.54, 1.807) is 12.1 Å². The smallest absolute Gasteiger partial charge is 0.238 e. The molecular formula is C31H35ClFN3O2S. The Morgan fingerprint density at radius 3 is 2.46 bits per heavy atom. The number of carbonyl (C=O) groups excluding carboxylic acids is 1. The standard InChI is InChI=1S/C28H28ClFN2O2S.C2H2.CH5N/c1-17-10-11-19(15-31-17)18-12-13-23(33)20(14-18)16-32(21-6-3-2-4-7-21)28(34)27-26(29)25-22(30)8-5-9-24(25)35-27;2*1-2/h5,8-15,21,26-27,33H,2-4,6-7,16H2,1H3;1-2H;2H2,1H3. The Morgan fingerprint density at radius 1 is 1.13 bits per heavy atom. The average Bonchev–Trinajstić information content (AvgIpc) is 3.32. The number of aromatic hydroxyl groups is 1. The Bertz CT molecular complexity index is 1280. The fourth-order valence-electron chi connectivity index (χ4n) is 5.07. The minimum absolute atomic E-state index is 0.0679. The molecule has 3 aromatic rings. The number of terminal acetylenes is 1. The van der Waals surface area contributed by atoms with Gasteiger partial charge in [0.15, 0.2) is 0 Å². The number of phenolic OH excluding ortho intramolecular Hbond substituents is 1. The van der Waals surface area contributed by atoms with E-state index in [1.165, 1.54) is 24.9 Å². The van der Waals surface area contributed by atoms with Crippen molar-refractivity contribution >= 4 is 29.3 Å². The molecule has 1 saturated carbocycles. The summed E-state index contributed by atoms with van der Waals surface area (Å²) in [5.74, 6) is -0.316. The summed E-state index contributed by atoms with van der Waals surface area (Å²) in [6.45, 7) is 2.22. The summed E-state index contributed by atoms with van der Waals surface area (Å²) in [6.07, 6.45) is 14.9. The number of phenols is 1. The fourth-order valence-corrected chi connectivity index (χ4v) is 6.89. The van der Waals surface area contributed by atoms with Crippen LogP contribution in [0.15, 0.2) is 59.6 Å². The van der Waals surface area contributed by atoms with Crippen molar-refractivity contribution in [3.63, 3.8) is 0 Å². The van der Waals surface area contributed by atoms with Crippen LogP contribution < -0.4 is 5.73 Å². The first-order valence-electron chi connectivity index (χ1n) is 13.0. The Morgan fingerprint density at radius 2 is 1.82 bits per heavy atom. The monoisotopic (exact) mass is 567 g/mol. The maximum absolute atomic E-state index is 14.5. The molecule has 0 bridgehead atoms. The van der Waals surface area contributed by atoms with Gasteiger partial charge in [-0.1, -0.05) is 37.5 Å². The zero-order valence-corrected chi connectivity index (χ0v) is 23.9. The number of halogens is 2. The first-order chi connectivity index (χ1) is 18.9. The van der Waals surface area contributed by atoms with Gasteiger partial charge in [-0.25, -0.2) is 4.39 Å². The lowest BCUT2D eigenvalue weighted by molar-refractivity contribution is -0.134. The molecule has 2 aliphatic rings. The molecule has 39 heavy (non-hydrogen) atoms. The molecule has 5 nitrogen and oxygen atoms in total. The lowest BCUT2D eigenvalue weighted by atomic mass is 9.93. The van der Waals surface area contributed by atoms with Crippen molar-refractivity contribution in [1.82, 2.24) is 9.88 Å². The minimum Gasteiger partial charge on any atom is -0.508 e. The van der Waals surface area contributed by atoms with Gasteiger partial charge in [-0.3, -0.25) is 9.78 Å². The molecule has 1 aliphatic carbocycles. The van der Waals surface area contributed by atoms with E-state index in [1.807, 2.05) is 48.4 Å². The van der Waals surface area contributed by atoms with Crippen molar-refractivity contribution in [2.75, 3.05) is 7.05 Å². The minimum atomic E-state index is -0.728. The number of alkyl halides is 1. The number of benzene rings is 2. The summed E-state index contributed by atoms with van der Waals surface area (Å²) in [5.41, 5.74) is 8.41. The first-order valence-corrected chi connectivity index (χ1v) is 14.3. The van der Waals surface area contributed by atoms with Crippen LogP contribution in [0.4, 0.5) is 4.39 Å². The molecule has 1 aromatic heterocycles. The normalized spacial score (nSPS) is 18.1. The molecule has 0 saturated heterocycles. The van der Waals surface area contributed by atoms with E-state index < -0.39 is 10.6 Å². The number of hydrogen-bond acceptors (Lipinski definition) is 5. The topological polar surface area (TPSA) is 79.5 Å². The maximum atomic E-state index is 14.5. The highest BCUT2D eigenvalue weighted by atomic mass is 35.5. The predicted octanol–water partition coefficient (Wildman–Crippen LogP) is 6.84. The van der Waals surface area contributed by atoms with Crippen LogP contribution in [0.25, 0.3) is 11.1 Å². The van der Waals surface area contributed by atoms with Gasteiger partial charge < -0.3 is 15.7 Å². The number of amides is 1. The number of rotatable bonds is 5. The van der Waals surface area contributed by atoms with E-state index in [4.69, 9.17) is 11.6 Å². The van der Waals surface area contributed by atoms with Crippen molar-refractivity contribution in [2.45, 2.75) is 67.1 Å². The number of fused-ring (bicyclic) bond motifs is 1. The number of nitrogens with zero attached hydrogens (tertiary/aromatic N) is 2. The van der Waals surface area contributed by atoms with Crippen molar-refractivity contribution in [3.8, 4) is 29.7 Å². The second kappa shape index (κ2) is 14.4. The summed E-state index contributed by atoms with van der Waals surface area (Å²) in [6, 6.07) is 14.4. The van der Waals surface area contributed by atoms with E-state index >= 15 is 0 Å². The molecule has 1 fully saturated rings. The third-order valence-corrected chi connectivity index (χ3v) is 8.97. The molecule has 2 atom stereocenters. The maximum Gasteiger partial charge on any atom is 0.238 e. The number of carbonyl (C=O) groups is 1. The fraction of sp³-hybridized carbons (Fsp3) is 0.355. The quantitative estimate of drug-likeness (QED) is 0.260. The second-order valence-electron chi connectivity index (χ2n) is 9.38. The number of aryl methyl sites for hydroxylation is 1. The van der Waals surface area contributed by atoms with E-state index in [-0.39, 0.29) is 30.1 Å². The molecule has 2 unspecified atom stereocenters. The number of pyridine rings is 1. The van der Waals surface area contributed by atoms with Crippen molar-refractivity contribution in [1.29, 1.82) is 0 Å². The van der Waals surface area contributed by atoms with Crippen LogP contribution in [0.5, 0.6) is 5.75 Å². The molecule has 0 spiro atoms. The molecule has 0 radical (unpaired) electrons. The Labute approximate surface area is 240 Å². The predicted molar refractivity (Wildman–Crippen MR) is 158 cm³/mol. The zero-order chi connectivity index (χ0) is 28.5. The van der Waals surface area contributed by atoms with Gasteiger partial charge in [0.2, 0.25) is 5.91 Å². The Balaban J connectivity index is 0.00000100. The molecule has 3 N–H and O–H groups in total. The van der Waals surface area contributed by atoms with Gasteiger partial charge in [0.1, 0.15) is 16.8 Å². The zero-order valence-electron chi connectivity index (χ0n) is 22.3. The van der Waals surface area contributed by atoms with Crippen LogP contribution in [0.3, 0.4) is 0 Å². The SMILES string of the molecule is C#C.CN.Cc1ccc(-c2ccc(O)c(CN(C(=O)C3Sc4cccc(F)c4C3Cl)C3CCCCC3)c2)cn1. The molecule has 1 amide bonds. The van der Waals surface area contributed by atoms with Crippen LogP contribution in [0.2, 0.25) is 0 Å². The molecule has 1 aliphatic heterocycles. The largest absolute Gasteiger partial charge is 0.508 e. The highest BCUT2D eigenvalue weighted by Crippen LogP contribution is 2.49.